The van der Waals surface area contributed by atoms with Crippen LogP contribution >= 0.6 is 11.3 Å². The van der Waals surface area contributed by atoms with Crippen LogP contribution in [0.15, 0.2) is 0 Å². The molecule has 0 spiro atoms. The number of halogens is 2. The van der Waals surface area contributed by atoms with Crippen molar-refractivity contribution in [2.45, 2.75) is 53.3 Å². The average molecular weight is 398 g/mol. The number of carbonyl (C=O) groups excluding carboxylic acids is 2. The molecule has 0 bridgehead atoms. The van der Waals surface area contributed by atoms with Crippen molar-refractivity contribution < 1.29 is 23.1 Å². The van der Waals surface area contributed by atoms with Crippen LogP contribution in [0.1, 0.15) is 61.5 Å². The molecule has 1 saturated heterocycles. The van der Waals surface area contributed by atoms with E-state index < -0.39 is 24.9 Å². The maximum absolute atomic E-state index is 13.3. The first-order valence-electron chi connectivity index (χ1n) is 9.12. The number of ether oxygens (including phenoxy) is 1. The molecule has 5 nitrogen and oxygen atoms in total. The third-order valence-corrected chi connectivity index (χ3v) is 7.85. The van der Waals surface area contributed by atoms with Crippen molar-refractivity contribution >= 4 is 28.2 Å². The highest BCUT2D eigenvalue weighted by Gasteiger charge is 2.68. The summed E-state index contributed by atoms with van der Waals surface area (Å²) in [6.07, 6.45) is -0.295. The van der Waals surface area contributed by atoms with Gasteiger partial charge in [-0.05, 0) is 17.8 Å². The van der Waals surface area contributed by atoms with Crippen molar-refractivity contribution in [2.24, 2.45) is 16.7 Å². The Morgan fingerprint density at radius 3 is 2.30 bits per heavy atom. The Balaban J connectivity index is 1.63. The molecule has 0 radical (unpaired) electrons. The Bertz CT molecular complexity index is 824. The Hall–Kier alpha value is -1.54. The van der Waals surface area contributed by atoms with Gasteiger partial charge >= 0.3 is 0 Å². The first kappa shape index (κ1) is 18.8. The zero-order chi connectivity index (χ0) is 19.9. The number of hydrogen-bond donors (Lipinski definition) is 1. The summed E-state index contributed by atoms with van der Waals surface area (Å²) in [7, 11) is 0. The number of fused-ring (bicyclic) bond motifs is 1. The first-order chi connectivity index (χ1) is 12.4. The van der Waals surface area contributed by atoms with Crippen molar-refractivity contribution in [3.63, 3.8) is 0 Å². The van der Waals surface area contributed by atoms with Crippen LogP contribution in [0.25, 0.3) is 0 Å². The van der Waals surface area contributed by atoms with Crippen molar-refractivity contribution in [2.75, 3.05) is 18.4 Å². The number of thiophene rings is 1. The second-order valence-electron chi connectivity index (χ2n) is 8.98. The van der Waals surface area contributed by atoms with Crippen LogP contribution in [0.2, 0.25) is 0 Å². The molecule has 8 heteroatoms. The highest BCUT2D eigenvalue weighted by atomic mass is 32.1. The van der Waals surface area contributed by atoms with Crippen LogP contribution < -0.4 is 5.32 Å². The SMILES string of the molecule is CC1OCc2sc(NC(=O)C3C(C)(C)C3(C)C)c(C(=O)N3CC(F)(F)C3)c21. The molecular formula is C19H24F2N2O3S. The fourth-order valence-electron chi connectivity index (χ4n) is 4.46. The quantitative estimate of drug-likeness (QED) is 0.836. The van der Waals surface area contributed by atoms with Crippen molar-refractivity contribution in [1.82, 2.24) is 4.90 Å². The van der Waals surface area contributed by atoms with Crippen LogP contribution in [-0.4, -0.2) is 35.7 Å². The predicted octanol–water partition coefficient (Wildman–Crippen LogP) is 4.05. The van der Waals surface area contributed by atoms with Crippen LogP contribution in [0, 0.1) is 16.7 Å². The lowest BCUT2D eigenvalue weighted by atomic mass is 10.0. The number of nitrogens with one attached hydrogen (secondary N) is 1. The second-order valence-corrected chi connectivity index (χ2v) is 10.1. The van der Waals surface area contributed by atoms with Crippen LogP contribution in [0.3, 0.4) is 0 Å². The van der Waals surface area contributed by atoms with Gasteiger partial charge in [0, 0.05) is 16.4 Å². The molecule has 1 aromatic heterocycles. The van der Waals surface area contributed by atoms with E-state index in [9.17, 15) is 18.4 Å². The topological polar surface area (TPSA) is 58.6 Å². The molecule has 3 aliphatic rings. The van der Waals surface area contributed by atoms with Gasteiger partial charge in [0.15, 0.2) is 0 Å². The van der Waals surface area contributed by atoms with E-state index >= 15 is 0 Å². The van der Waals surface area contributed by atoms with Gasteiger partial charge in [0.1, 0.15) is 5.00 Å². The maximum atomic E-state index is 13.3. The number of rotatable bonds is 3. The molecule has 1 atom stereocenters. The van der Waals surface area contributed by atoms with E-state index in [4.69, 9.17) is 4.74 Å². The minimum Gasteiger partial charge on any atom is -0.368 e. The normalized spacial score (nSPS) is 27.1. The number of nitrogens with zero attached hydrogens (tertiary/aromatic N) is 1. The standard InChI is InChI=1S/C19H24F2N2O3S/c1-9-11-10(6-26-9)27-15(12(11)16(25)23-7-19(20,21)8-23)22-14(24)13-17(2,3)18(13,4)5/h9,13H,6-8H2,1-5H3,(H,22,24). The molecule has 2 aliphatic heterocycles. The van der Waals surface area contributed by atoms with E-state index in [1.165, 1.54) is 11.3 Å². The fourth-order valence-corrected chi connectivity index (χ4v) is 5.66. The van der Waals surface area contributed by atoms with Crippen molar-refractivity contribution in [1.29, 1.82) is 0 Å². The van der Waals surface area contributed by atoms with Gasteiger partial charge in [-0.15, -0.1) is 11.3 Å². The van der Waals surface area contributed by atoms with Gasteiger partial charge in [-0.2, -0.15) is 0 Å². The zero-order valence-corrected chi connectivity index (χ0v) is 16.9. The molecule has 27 heavy (non-hydrogen) atoms. The average Bonchev–Trinajstić information content (AvgIpc) is 2.85. The molecule has 1 unspecified atom stereocenters. The number of anilines is 1. The van der Waals surface area contributed by atoms with Crippen LogP contribution in [-0.2, 0) is 16.1 Å². The lowest BCUT2D eigenvalue weighted by molar-refractivity contribution is -0.118. The molecule has 1 saturated carbocycles. The van der Waals surface area contributed by atoms with E-state index in [0.29, 0.717) is 17.2 Å². The molecular weight excluding hydrogens is 374 g/mol. The predicted molar refractivity (Wildman–Crippen MR) is 98.1 cm³/mol. The molecule has 148 valence electrons. The number of amides is 2. The summed E-state index contributed by atoms with van der Waals surface area (Å²) in [5, 5.41) is 3.38. The molecule has 2 amide bonds. The van der Waals surface area contributed by atoms with Crippen molar-refractivity contribution in [3.05, 3.63) is 16.0 Å². The fraction of sp³-hybridized carbons (Fsp3) is 0.684. The minimum atomic E-state index is -2.83. The lowest BCUT2D eigenvalue weighted by Crippen LogP contribution is -2.58. The van der Waals surface area contributed by atoms with Gasteiger partial charge in [-0.1, -0.05) is 27.7 Å². The Labute approximate surface area is 161 Å². The maximum Gasteiger partial charge on any atom is 0.282 e. The summed E-state index contributed by atoms with van der Waals surface area (Å²) >= 11 is 1.31. The molecule has 4 rings (SSSR count). The highest BCUT2D eigenvalue weighted by Crippen LogP contribution is 2.68. The van der Waals surface area contributed by atoms with Gasteiger partial charge in [0.25, 0.3) is 11.8 Å². The monoisotopic (exact) mass is 398 g/mol. The Morgan fingerprint density at radius 2 is 1.78 bits per heavy atom. The Morgan fingerprint density at radius 1 is 1.19 bits per heavy atom. The van der Waals surface area contributed by atoms with Gasteiger partial charge < -0.3 is 15.0 Å². The summed E-state index contributed by atoms with van der Waals surface area (Å²) in [5.41, 5.74) is 0.791. The van der Waals surface area contributed by atoms with Crippen LogP contribution in [0.5, 0.6) is 0 Å². The zero-order valence-electron chi connectivity index (χ0n) is 16.1. The largest absolute Gasteiger partial charge is 0.368 e. The smallest absolute Gasteiger partial charge is 0.282 e. The minimum absolute atomic E-state index is 0.124. The third kappa shape index (κ3) is 2.63. The summed E-state index contributed by atoms with van der Waals surface area (Å²) in [5.74, 6) is -3.57. The molecule has 1 aliphatic carbocycles. The lowest BCUT2D eigenvalue weighted by Gasteiger charge is -2.38. The molecule has 3 heterocycles. The highest BCUT2D eigenvalue weighted by molar-refractivity contribution is 7.17. The molecule has 0 aromatic carbocycles. The first-order valence-corrected chi connectivity index (χ1v) is 9.93. The molecule has 1 N–H and O–H groups in total. The van der Waals surface area contributed by atoms with E-state index in [2.05, 4.69) is 33.0 Å². The molecule has 2 fully saturated rings. The molecule has 1 aromatic rings. The number of carbonyl (C=O) groups is 2. The Kier molecular flexibility index (Phi) is 3.83. The summed E-state index contributed by atoms with van der Waals surface area (Å²) in [4.78, 5) is 27.8. The van der Waals surface area contributed by atoms with Gasteiger partial charge in [-0.3, -0.25) is 9.59 Å². The second kappa shape index (κ2) is 5.50. The summed E-state index contributed by atoms with van der Waals surface area (Å²) in [6.45, 7) is 9.24. The van der Waals surface area contributed by atoms with Gasteiger partial charge in [0.2, 0.25) is 5.91 Å². The van der Waals surface area contributed by atoms with E-state index in [-0.39, 0.29) is 28.8 Å². The number of alkyl halides is 2. The van der Waals surface area contributed by atoms with Crippen LogP contribution in [0.4, 0.5) is 13.8 Å². The van der Waals surface area contributed by atoms with E-state index in [1.807, 2.05) is 6.92 Å². The summed E-state index contributed by atoms with van der Waals surface area (Å²) in [6, 6.07) is 0. The number of likely N-dealkylation sites (tertiary alicyclic amines) is 1. The van der Waals surface area contributed by atoms with Gasteiger partial charge in [-0.25, -0.2) is 8.78 Å². The van der Waals surface area contributed by atoms with Gasteiger partial charge in [0.05, 0.1) is 31.4 Å². The van der Waals surface area contributed by atoms with E-state index in [1.54, 1.807) is 0 Å². The van der Waals surface area contributed by atoms with E-state index in [0.717, 1.165) is 15.3 Å². The number of hydrogen-bond acceptors (Lipinski definition) is 4. The summed E-state index contributed by atoms with van der Waals surface area (Å²) < 4.78 is 32.1. The van der Waals surface area contributed by atoms with Crippen molar-refractivity contribution in [3.8, 4) is 0 Å². The third-order valence-electron chi connectivity index (χ3n) is 6.76.